The molecule has 1 N–H and O–H groups in total. The standard InChI is InChI=1S/C22H27F3O3/c1-20-7-5-13(27)9-12(20)3-4-14-15(20)6-8-21(2)16(14)10-17(22(23,24)25)19(21)18(28)11-26/h6,9,14,16-17,19,26H,3-5,7-8,10-11H2,1-2H3/t14?,16?,17-,19+,20-,21-/m0/s1. The topological polar surface area (TPSA) is 54.4 Å². The molecule has 3 nitrogen and oxygen atoms in total. The molecule has 2 fully saturated rings. The number of Topliss-reactive ketones (excluding diaryl/α,β-unsaturated/α-hetero) is 1. The Morgan fingerprint density at radius 1 is 1.29 bits per heavy atom. The summed E-state index contributed by atoms with van der Waals surface area (Å²) in [4.78, 5) is 24.3. The third kappa shape index (κ3) is 2.66. The fourth-order valence-electron chi connectivity index (χ4n) is 6.92. The van der Waals surface area contributed by atoms with Gasteiger partial charge in [-0.1, -0.05) is 31.1 Å². The van der Waals surface area contributed by atoms with Gasteiger partial charge in [-0.25, -0.2) is 0 Å². The molecule has 0 aliphatic heterocycles. The summed E-state index contributed by atoms with van der Waals surface area (Å²) in [6.07, 6.45) is 2.39. The van der Waals surface area contributed by atoms with Crippen molar-refractivity contribution in [2.24, 2.45) is 34.5 Å². The maximum atomic E-state index is 13.8. The lowest BCUT2D eigenvalue weighted by molar-refractivity contribution is -0.191. The number of fused-ring (bicyclic) bond motifs is 5. The normalized spacial score (nSPS) is 42.9. The Morgan fingerprint density at radius 3 is 2.64 bits per heavy atom. The molecule has 4 rings (SSSR count). The lowest BCUT2D eigenvalue weighted by Crippen LogP contribution is -2.46. The Kier molecular flexibility index (Phi) is 4.46. The van der Waals surface area contributed by atoms with E-state index in [1.54, 1.807) is 6.08 Å². The van der Waals surface area contributed by atoms with Gasteiger partial charge < -0.3 is 5.11 Å². The van der Waals surface area contributed by atoms with E-state index in [2.05, 4.69) is 13.0 Å². The molecule has 0 saturated heterocycles. The van der Waals surface area contributed by atoms with Gasteiger partial charge in [0.15, 0.2) is 11.6 Å². The quantitative estimate of drug-likeness (QED) is 0.704. The van der Waals surface area contributed by atoms with Gasteiger partial charge >= 0.3 is 6.18 Å². The molecule has 6 heteroatoms. The van der Waals surface area contributed by atoms with Crippen LogP contribution < -0.4 is 0 Å². The van der Waals surface area contributed by atoms with Crippen molar-refractivity contribution in [2.45, 2.75) is 58.5 Å². The minimum absolute atomic E-state index is 0.00967. The lowest BCUT2D eigenvalue weighted by Gasteiger charge is -2.53. The third-order valence-corrected chi connectivity index (χ3v) is 8.32. The zero-order valence-electron chi connectivity index (χ0n) is 16.3. The fraction of sp³-hybridized carbons (Fsp3) is 0.727. The molecule has 6 atom stereocenters. The molecule has 0 aromatic heterocycles. The molecule has 0 amide bonds. The van der Waals surface area contributed by atoms with Gasteiger partial charge in [0, 0.05) is 17.8 Å². The first-order chi connectivity index (χ1) is 13.0. The van der Waals surface area contributed by atoms with Gasteiger partial charge in [-0.2, -0.15) is 13.2 Å². The molecule has 0 aromatic rings. The van der Waals surface area contributed by atoms with Crippen LogP contribution in [0.15, 0.2) is 23.3 Å². The molecule has 0 bridgehead atoms. The molecule has 4 aliphatic carbocycles. The van der Waals surface area contributed by atoms with Crippen LogP contribution >= 0.6 is 0 Å². The van der Waals surface area contributed by atoms with Crippen molar-refractivity contribution in [2.75, 3.05) is 6.61 Å². The van der Waals surface area contributed by atoms with Crippen LogP contribution in [0.1, 0.15) is 52.4 Å². The van der Waals surface area contributed by atoms with Crippen LogP contribution in [0.2, 0.25) is 0 Å². The van der Waals surface area contributed by atoms with Gasteiger partial charge in [-0.3, -0.25) is 9.59 Å². The summed E-state index contributed by atoms with van der Waals surface area (Å²) >= 11 is 0. The Balaban J connectivity index is 1.76. The van der Waals surface area contributed by atoms with Crippen molar-refractivity contribution in [3.63, 3.8) is 0 Å². The monoisotopic (exact) mass is 396 g/mol. The first-order valence-corrected chi connectivity index (χ1v) is 10.2. The van der Waals surface area contributed by atoms with Crippen LogP contribution in [0.25, 0.3) is 0 Å². The second-order valence-corrected chi connectivity index (χ2v) is 9.57. The summed E-state index contributed by atoms with van der Waals surface area (Å²) in [5.41, 5.74) is 1.27. The van der Waals surface area contributed by atoms with E-state index in [1.807, 2.05) is 6.92 Å². The summed E-state index contributed by atoms with van der Waals surface area (Å²) in [7, 11) is 0. The summed E-state index contributed by atoms with van der Waals surface area (Å²) in [6.45, 7) is 3.10. The van der Waals surface area contributed by atoms with Crippen LogP contribution in [-0.4, -0.2) is 29.5 Å². The highest BCUT2D eigenvalue weighted by Gasteiger charge is 2.65. The number of aliphatic hydroxyl groups excluding tert-OH is 1. The van der Waals surface area contributed by atoms with E-state index < -0.39 is 35.8 Å². The third-order valence-electron chi connectivity index (χ3n) is 8.32. The number of ketones is 2. The number of halogens is 3. The molecular formula is C22H27F3O3. The number of allylic oxidation sites excluding steroid dienone is 4. The number of rotatable bonds is 2. The van der Waals surface area contributed by atoms with Crippen LogP contribution in [0, 0.1) is 34.5 Å². The summed E-state index contributed by atoms with van der Waals surface area (Å²) < 4.78 is 41.5. The number of carbonyl (C=O) groups excluding carboxylic acids is 2. The second-order valence-electron chi connectivity index (χ2n) is 9.57. The molecular weight excluding hydrogens is 369 g/mol. The van der Waals surface area contributed by atoms with Crippen molar-refractivity contribution < 1.29 is 27.9 Å². The Bertz CT molecular complexity index is 780. The van der Waals surface area contributed by atoms with Crippen molar-refractivity contribution in [1.82, 2.24) is 0 Å². The summed E-state index contributed by atoms with van der Waals surface area (Å²) in [5, 5.41) is 9.36. The van der Waals surface area contributed by atoms with E-state index in [0.29, 0.717) is 19.3 Å². The number of hydrogen-bond acceptors (Lipinski definition) is 3. The van der Waals surface area contributed by atoms with Crippen molar-refractivity contribution in [3.05, 3.63) is 23.3 Å². The van der Waals surface area contributed by atoms with Crippen LogP contribution in [-0.2, 0) is 9.59 Å². The first kappa shape index (κ1) is 19.9. The molecule has 0 aromatic carbocycles. The Hall–Kier alpha value is -1.43. The van der Waals surface area contributed by atoms with Crippen molar-refractivity contribution >= 4 is 11.6 Å². The number of hydrogen-bond donors (Lipinski definition) is 1. The first-order valence-electron chi connectivity index (χ1n) is 10.2. The zero-order valence-corrected chi connectivity index (χ0v) is 16.3. The number of carbonyl (C=O) groups is 2. The van der Waals surface area contributed by atoms with Crippen molar-refractivity contribution in [3.8, 4) is 0 Å². The summed E-state index contributed by atoms with van der Waals surface area (Å²) in [5.74, 6) is -3.63. The van der Waals surface area contributed by atoms with Crippen LogP contribution in [0.3, 0.4) is 0 Å². The Morgan fingerprint density at radius 2 is 2.00 bits per heavy atom. The maximum absolute atomic E-state index is 13.8. The maximum Gasteiger partial charge on any atom is 0.392 e. The average molecular weight is 396 g/mol. The predicted octanol–water partition coefficient (Wildman–Crippen LogP) is 4.40. The van der Waals surface area contributed by atoms with Crippen LogP contribution in [0.4, 0.5) is 13.2 Å². The van der Waals surface area contributed by atoms with Gasteiger partial charge in [-0.05, 0) is 55.4 Å². The van der Waals surface area contributed by atoms with E-state index >= 15 is 0 Å². The molecule has 2 saturated carbocycles. The Labute approximate surface area is 163 Å². The van der Waals surface area contributed by atoms with Gasteiger partial charge in [0.2, 0.25) is 0 Å². The molecule has 4 aliphatic rings. The summed E-state index contributed by atoms with van der Waals surface area (Å²) in [6, 6.07) is 0. The van der Waals surface area contributed by atoms with E-state index in [9.17, 15) is 27.9 Å². The molecule has 154 valence electrons. The highest BCUT2D eigenvalue weighted by molar-refractivity contribution is 5.92. The van der Waals surface area contributed by atoms with E-state index in [4.69, 9.17) is 0 Å². The smallest absolute Gasteiger partial charge is 0.389 e. The van der Waals surface area contributed by atoms with Crippen LogP contribution in [0.5, 0.6) is 0 Å². The minimum atomic E-state index is -4.45. The number of aliphatic hydroxyl groups is 1. The van der Waals surface area contributed by atoms with Gasteiger partial charge in [-0.15, -0.1) is 0 Å². The molecule has 0 heterocycles. The van der Waals surface area contributed by atoms with Gasteiger partial charge in [0.1, 0.15) is 6.61 Å². The van der Waals surface area contributed by atoms with Gasteiger partial charge in [0.25, 0.3) is 0 Å². The zero-order chi connectivity index (χ0) is 20.5. The average Bonchev–Trinajstić information content (AvgIpc) is 2.95. The predicted molar refractivity (Wildman–Crippen MR) is 97.2 cm³/mol. The SMILES string of the molecule is C[C@]12CCC(=O)C=C1CCC1C2=CC[C@@]2(C)C1C[C@H](C(F)(F)F)[C@@H]2C(=O)CO. The fourth-order valence-corrected chi connectivity index (χ4v) is 6.92. The highest BCUT2D eigenvalue weighted by atomic mass is 19.4. The van der Waals surface area contributed by atoms with E-state index in [0.717, 1.165) is 18.4 Å². The van der Waals surface area contributed by atoms with E-state index in [1.165, 1.54) is 5.57 Å². The minimum Gasteiger partial charge on any atom is -0.389 e. The van der Waals surface area contributed by atoms with Gasteiger partial charge in [0.05, 0.1) is 5.92 Å². The molecule has 2 unspecified atom stereocenters. The van der Waals surface area contributed by atoms with Crippen molar-refractivity contribution in [1.29, 1.82) is 0 Å². The van der Waals surface area contributed by atoms with E-state index in [-0.39, 0.29) is 29.5 Å². The largest absolute Gasteiger partial charge is 0.392 e. The highest BCUT2D eigenvalue weighted by Crippen LogP contribution is 2.67. The second kappa shape index (κ2) is 6.28. The lowest BCUT2D eigenvalue weighted by atomic mass is 9.51. The number of alkyl halides is 3. The molecule has 28 heavy (non-hydrogen) atoms. The molecule has 0 radical (unpaired) electrons. The molecule has 0 spiro atoms.